The zero-order valence-corrected chi connectivity index (χ0v) is 18.5. The molecule has 0 spiro atoms. The lowest BCUT2D eigenvalue weighted by atomic mass is 9.90. The van der Waals surface area contributed by atoms with Crippen molar-refractivity contribution in [3.8, 4) is 5.75 Å². The third-order valence-corrected chi connectivity index (χ3v) is 6.02. The minimum absolute atomic E-state index is 0.200. The minimum Gasteiger partial charge on any atom is -0.497 e. The first-order valence-corrected chi connectivity index (χ1v) is 11.2. The summed E-state index contributed by atoms with van der Waals surface area (Å²) in [5.74, 6) is 2.17. The number of aromatic nitrogens is 2. The molecule has 0 bridgehead atoms. The van der Waals surface area contributed by atoms with Crippen molar-refractivity contribution in [1.82, 2.24) is 15.5 Å². The number of nitrogens with zero attached hydrogens (tertiary/aromatic N) is 3. The molecule has 2 heterocycles. The molecule has 0 radical (unpaired) electrons. The van der Waals surface area contributed by atoms with E-state index in [9.17, 15) is 4.79 Å². The van der Waals surface area contributed by atoms with Gasteiger partial charge in [-0.15, -0.1) is 10.2 Å². The van der Waals surface area contributed by atoms with Crippen molar-refractivity contribution in [3.63, 3.8) is 0 Å². The van der Waals surface area contributed by atoms with Crippen molar-refractivity contribution >= 4 is 11.7 Å². The van der Waals surface area contributed by atoms with Gasteiger partial charge in [0.2, 0.25) is 0 Å². The summed E-state index contributed by atoms with van der Waals surface area (Å²) in [5, 5.41) is 11.4. The first kappa shape index (κ1) is 21.8. The van der Waals surface area contributed by atoms with Gasteiger partial charge in [0.15, 0.2) is 11.5 Å². The number of nitrogens with one attached hydrogen (secondary N) is 1. The van der Waals surface area contributed by atoms with Crippen molar-refractivity contribution in [1.29, 1.82) is 0 Å². The normalized spacial score (nSPS) is 14.2. The molecule has 1 amide bonds. The Balaban J connectivity index is 1.23. The Kier molecular flexibility index (Phi) is 7.33. The van der Waals surface area contributed by atoms with Crippen LogP contribution in [0.1, 0.15) is 34.5 Å². The predicted octanol–water partition coefficient (Wildman–Crippen LogP) is 3.92. The molecule has 1 N–H and O–H groups in total. The minimum atomic E-state index is -0.200. The summed E-state index contributed by atoms with van der Waals surface area (Å²) in [5.41, 5.74) is 2.87. The third kappa shape index (κ3) is 5.84. The number of hydrogen-bond donors (Lipinski definition) is 1. The van der Waals surface area contributed by atoms with Crippen LogP contribution in [0, 0.1) is 5.92 Å². The maximum Gasteiger partial charge on any atom is 0.271 e. The summed E-state index contributed by atoms with van der Waals surface area (Å²) in [7, 11) is 1.65. The summed E-state index contributed by atoms with van der Waals surface area (Å²) < 4.78 is 5.24. The first-order valence-electron chi connectivity index (χ1n) is 11.2. The van der Waals surface area contributed by atoms with Crippen molar-refractivity contribution in [2.45, 2.75) is 25.7 Å². The highest BCUT2D eigenvalue weighted by atomic mass is 16.5. The number of carbonyl (C=O) groups excluding carboxylic acids is 1. The van der Waals surface area contributed by atoms with Gasteiger partial charge >= 0.3 is 0 Å². The van der Waals surface area contributed by atoms with Crippen LogP contribution in [-0.4, -0.2) is 42.8 Å². The zero-order valence-electron chi connectivity index (χ0n) is 18.5. The number of carbonyl (C=O) groups is 1. The summed E-state index contributed by atoms with van der Waals surface area (Å²) >= 11 is 0. The Morgan fingerprint density at radius 3 is 2.50 bits per heavy atom. The van der Waals surface area contributed by atoms with E-state index >= 15 is 0 Å². The molecule has 1 aliphatic heterocycles. The Morgan fingerprint density at radius 1 is 1.00 bits per heavy atom. The SMILES string of the molecule is COc1cccc(CCNC(=O)c2ccc(N3CCC(Cc4ccccc4)CC3)nn2)c1. The van der Waals surface area contributed by atoms with Crippen molar-refractivity contribution in [3.05, 3.63) is 83.6 Å². The van der Waals surface area contributed by atoms with Crippen LogP contribution >= 0.6 is 0 Å². The van der Waals surface area contributed by atoms with E-state index < -0.39 is 0 Å². The molecule has 4 rings (SSSR count). The average Bonchev–Trinajstić information content (AvgIpc) is 2.85. The highest BCUT2D eigenvalue weighted by Crippen LogP contribution is 2.24. The van der Waals surface area contributed by atoms with E-state index in [4.69, 9.17) is 4.74 Å². The van der Waals surface area contributed by atoms with Gasteiger partial charge < -0.3 is 15.0 Å². The predicted molar refractivity (Wildman–Crippen MR) is 126 cm³/mol. The Bertz CT molecular complexity index is 1000. The molecule has 3 aromatic rings. The topological polar surface area (TPSA) is 67.3 Å². The van der Waals surface area contributed by atoms with Crippen LogP contribution in [0.15, 0.2) is 66.7 Å². The summed E-state index contributed by atoms with van der Waals surface area (Å²) in [6.45, 7) is 2.47. The van der Waals surface area contributed by atoms with Gasteiger partial charge in [0.25, 0.3) is 5.91 Å². The smallest absolute Gasteiger partial charge is 0.271 e. The second-order valence-electron chi connectivity index (χ2n) is 8.25. The number of anilines is 1. The average molecular weight is 431 g/mol. The molecule has 1 aromatic heterocycles. The summed E-state index contributed by atoms with van der Waals surface area (Å²) in [4.78, 5) is 14.7. The fourth-order valence-electron chi connectivity index (χ4n) is 4.17. The van der Waals surface area contributed by atoms with Gasteiger partial charge in [-0.05, 0) is 67.0 Å². The van der Waals surface area contributed by atoms with E-state index in [0.717, 1.165) is 55.9 Å². The van der Waals surface area contributed by atoms with Gasteiger partial charge in [-0.3, -0.25) is 4.79 Å². The number of methoxy groups -OCH3 is 1. The monoisotopic (exact) mass is 430 g/mol. The van der Waals surface area contributed by atoms with Crippen LogP contribution in [0.25, 0.3) is 0 Å². The number of ether oxygens (including phenoxy) is 1. The van der Waals surface area contributed by atoms with E-state index in [1.54, 1.807) is 13.2 Å². The van der Waals surface area contributed by atoms with Crippen LogP contribution in [0.4, 0.5) is 5.82 Å². The number of piperidine rings is 1. The van der Waals surface area contributed by atoms with E-state index in [0.29, 0.717) is 18.2 Å². The van der Waals surface area contributed by atoms with Gasteiger partial charge in [-0.2, -0.15) is 0 Å². The highest BCUT2D eigenvalue weighted by molar-refractivity contribution is 5.92. The maximum absolute atomic E-state index is 12.4. The lowest BCUT2D eigenvalue weighted by molar-refractivity contribution is 0.0948. The molecule has 0 unspecified atom stereocenters. The second kappa shape index (κ2) is 10.8. The van der Waals surface area contributed by atoms with Gasteiger partial charge in [0.05, 0.1) is 7.11 Å². The quantitative estimate of drug-likeness (QED) is 0.587. The molecule has 0 atom stereocenters. The molecule has 6 nitrogen and oxygen atoms in total. The summed E-state index contributed by atoms with van der Waals surface area (Å²) in [6, 6.07) is 22.2. The molecule has 1 fully saturated rings. The van der Waals surface area contributed by atoms with Crippen LogP contribution in [0.3, 0.4) is 0 Å². The number of rotatable bonds is 8. The van der Waals surface area contributed by atoms with E-state index in [2.05, 4.69) is 50.7 Å². The Hall–Kier alpha value is -3.41. The summed E-state index contributed by atoms with van der Waals surface area (Å²) in [6.07, 6.45) is 4.15. The number of amides is 1. The van der Waals surface area contributed by atoms with Crippen LogP contribution in [-0.2, 0) is 12.8 Å². The van der Waals surface area contributed by atoms with Crippen molar-refractivity contribution in [2.24, 2.45) is 5.92 Å². The Morgan fingerprint density at radius 2 is 1.78 bits per heavy atom. The van der Waals surface area contributed by atoms with Gasteiger partial charge in [0.1, 0.15) is 5.75 Å². The molecule has 1 saturated heterocycles. The molecule has 166 valence electrons. The lowest BCUT2D eigenvalue weighted by Gasteiger charge is -2.32. The van der Waals surface area contributed by atoms with Crippen LogP contribution < -0.4 is 15.0 Å². The molecule has 0 aliphatic carbocycles. The second-order valence-corrected chi connectivity index (χ2v) is 8.25. The molecule has 0 saturated carbocycles. The maximum atomic E-state index is 12.4. The fraction of sp³-hybridized carbons (Fsp3) is 0.346. The zero-order chi connectivity index (χ0) is 22.2. The van der Waals surface area contributed by atoms with Crippen molar-refractivity contribution < 1.29 is 9.53 Å². The molecule has 2 aromatic carbocycles. The van der Waals surface area contributed by atoms with E-state index in [1.165, 1.54) is 5.56 Å². The number of hydrogen-bond acceptors (Lipinski definition) is 5. The van der Waals surface area contributed by atoms with Crippen LogP contribution in [0.2, 0.25) is 0 Å². The molecule has 1 aliphatic rings. The first-order chi connectivity index (χ1) is 15.7. The molecule has 32 heavy (non-hydrogen) atoms. The molecular formula is C26H30N4O2. The van der Waals surface area contributed by atoms with E-state index in [1.807, 2.05) is 30.3 Å². The fourth-order valence-corrected chi connectivity index (χ4v) is 4.17. The highest BCUT2D eigenvalue weighted by Gasteiger charge is 2.21. The van der Waals surface area contributed by atoms with E-state index in [-0.39, 0.29) is 5.91 Å². The van der Waals surface area contributed by atoms with Crippen LogP contribution in [0.5, 0.6) is 5.75 Å². The lowest BCUT2D eigenvalue weighted by Crippen LogP contribution is -2.35. The van der Waals surface area contributed by atoms with Crippen molar-refractivity contribution in [2.75, 3.05) is 31.6 Å². The molecule has 6 heteroatoms. The van der Waals surface area contributed by atoms with Gasteiger partial charge in [0, 0.05) is 19.6 Å². The Labute approximate surface area is 189 Å². The molecular weight excluding hydrogens is 400 g/mol. The third-order valence-electron chi connectivity index (χ3n) is 6.02. The standard InChI is InChI=1S/C26H30N4O2/c1-32-23-9-5-8-21(19-23)12-15-27-26(31)24-10-11-25(29-28-24)30-16-13-22(14-17-30)18-20-6-3-2-4-7-20/h2-11,19,22H,12-18H2,1H3,(H,27,31). The largest absolute Gasteiger partial charge is 0.497 e. The number of benzene rings is 2. The van der Waals surface area contributed by atoms with Gasteiger partial charge in [-0.25, -0.2) is 0 Å². The van der Waals surface area contributed by atoms with Gasteiger partial charge in [-0.1, -0.05) is 42.5 Å².